The van der Waals surface area contributed by atoms with Gasteiger partial charge in [-0.3, -0.25) is 0 Å². The highest BCUT2D eigenvalue weighted by Gasteiger charge is 2.19. The lowest BCUT2D eigenvalue weighted by Gasteiger charge is -2.14. The highest BCUT2D eigenvalue weighted by atomic mass is 16.5. The van der Waals surface area contributed by atoms with E-state index in [1.807, 2.05) is 37.6 Å². The number of nitrogens with zero attached hydrogens (tertiary/aromatic N) is 3. The smallest absolute Gasteiger partial charge is 0.213 e. The Kier molecular flexibility index (Phi) is 5.31. The average Bonchev–Trinajstić information content (AvgIpc) is 2.83. The summed E-state index contributed by atoms with van der Waals surface area (Å²) >= 11 is 0. The second-order valence-electron chi connectivity index (χ2n) is 5.39. The van der Waals surface area contributed by atoms with Gasteiger partial charge in [0.25, 0.3) is 0 Å². The van der Waals surface area contributed by atoms with Crippen molar-refractivity contribution in [1.29, 1.82) is 0 Å². The van der Waals surface area contributed by atoms with E-state index in [1.54, 1.807) is 13.3 Å². The molecule has 0 aliphatic rings. The standard InChI is InChI=1S/C14H19N3O.C2H6/c1-10-8-12(14(2,3)4)16-17(10)11-6-7-13(18-5)15-9-11;1-2/h6-9H,1-5H3;1-2H3. The Morgan fingerprint density at radius 3 is 2.20 bits per heavy atom. The lowest BCUT2D eigenvalue weighted by Crippen LogP contribution is -2.12. The van der Waals surface area contributed by atoms with E-state index in [0.29, 0.717) is 5.88 Å². The zero-order valence-corrected chi connectivity index (χ0v) is 13.6. The van der Waals surface area contributed by atoms with E-state index >= 15 is 0 Å². The van der Waals surface area contributed by atoms with Crippen LogP contribution in [0.1, 0.15) is 46.0 Å². The maximum absolute atomic E-state index is 5.05. The Hall–Kier alpha value is -1.84. The molecule has 4 nitrogen and oxygen atoms in total. The minimum absolute atomic E-state index is 0.0515. The van der Waals surface area contributed by atoms with Gasteiger partial charge < -0.3 is 4.74 Å². The van der Waals surface area contributed by atoms with Crippen molar-refractivity contribution in [3.8, 4) is 11.6 Å². The fourth-order valence-electron chi connectivity index (χ4n) is 1.72. The Labute approximate surface area is 121 Å². The van der Waals surface area contributed by atoms with Crippen LogP contribution in [0.3, 0.4) is 0 Å². The summed E-state index contributed by atoms with van der Waals surface area (Å²) in [6, 6.07) is 5.91. The monoisotopic (exact) mass is 275 g/mol. The molecule has 0 aromatic carbocycles. The minimum atomic E-state index is 0.0515. The van der Waals surface area contributed by atoms with E-state index in [-0.39, 0.29) is 5.41 Å². The SMILES string of the molecule is CC.COc1ccc(-n2nc(C(C)(C)C)cc2C)cn1. The number of hydrogen-bond donors (Lipinski definition) is 0. The van der Waals surface area contributed by atoms with Crippen LogP contribution in [0.4, 0.5) is 0 Å². The predicted molar refractivity (Wildman–Crippen MR) is 82.7 cm³/mol. The molecular weight excluding hydrogens is 250 g/mol. The number of aromatic nitrogens is 3. The topological polar surface area (TPSA) is 39.9 Å². The molecular formula is C16H25N3O. The van der Waals surface area contributed by atoms with Crippen molar-refractivity contribution < 1.29 is 4.74 Å². The molecule has 0 aliphatic carbocycles. The number of ether oxygens (including phenoxy) is 1. The summed E-state index contributed by atoms with van der Waals surface area (Å²) in [6.07, 6.45) is 1.77. The zero-order valence-electron chi connectivity index (χ0n) is 13.6. The lowest BCUT2D eigenvalue weighted by molar-refractivity contribution is 0.397. The van der Waals surface area contributed by atoms with Crippen LogP contribution in [0.15, 0.2) is 24.4 Å². The van der Waals surface area contributed by atoms with Gasteiger partial charge in [0.2, 0.25) is 5.88 Å². The summed E-state index contributed by atoms with van der Waals surface area (Å²) in [4.78, 5) is 4.20. The molecule has 0 bridgehead atoms. The Bertz CT molecular complexity index is 536. The quantitative estimate of drug-likeness (QED) is 0.834. The summed E-state index contributed by atoms with van der Waals surface area (Å²) in [6.45, 7) is 12.5. The molecule has 0 aliphatic heterocycles. The van der Waals surface area contributed by atoms with E-state index in [1.165, 1.54) is 0 Å². The zero-order chi connectivity index (χ0) is 15.3. The number of aryl methyl sites for hydroxylation is 1. The molecule has 0 spiro atoms. The molecule has 2 aromatic rings. The molecule has 0 amide bonds. The fraction of sp³-hybridized carbons (Fsp3) is 0.500. The largest absolute Gasteiger partial charge is 0.481 e. The van der Waals surface area contributed by atoms with E-state index in [0.717, 1.165) is 17.1 Å². The van der Waals surface area contributed by atoms with Crippen LogP contribution >= 0.6 is 0 Å². The molecule has 2 heterocycles. The fourth-order valence-corrected chi connectivity index (χ4v) is 1.72. The van der Waals surface area contributed by atoms with Crippen molar-refractivity contribution in [1.82, 2.24) is 14.8 Å². The summed E-state index contributed by atoms with van der Waals surface area (Å²) in [7, 11) is 1.61. The van der Waals surface area contributed by atoms with Gasteiger partial charge in [-0.15, -0.1) is 0 Å². The molecule has 2 rings (SSSR count). The first-order valence-electron chi connectivity index (χ1n) is 6.99. The van der Waals surface area contributed by atoms with E-state index in [9.17, 15) is 0 Å². The normalized spacial score (nSPS) is 10.8. The predicted octanol–water partition coefficient (Wildman–Crippen LogP) is 3.91. The van der Waals surface area contributed by atoms with Gasteiger partial charge in [0, 0.05) is 17.2 Å². The first-order chi connectivity index (χ1) is 9.41. The van der Waals surface area contributed by atoms with Gasteiger partial charge in [-0.25, -0.2) is 9.67 Å². The van der Waals surface area contributed by atoms with Crippen molar-refractivity contribution >= 4 is 0 Å². The Morgan fingerprint density at radius 1 is 1.15 bits per heavy atom. The molecule has 0 unspecified atom stereocenters. The van der Waals surface area contributed by atoms with E-state index < -0.39 is 0 Å². The molecule has 2 aromatic heterocycles. The van der Waals surface area contributed by atoms with Gasteiger partial charge >= 0.3 is 0 Å². The van der Waals surface area contributed by atoms with Gasteiger partial charge in [-0.1, -0.05) is 34.6 Å². The summed E-state index contributed by atoms with van der Waals surface area (Å²) in [5.74, 6) is 0.611. The van der Waals surface area contributed by atoms with Crippen LogP contribution in [0.25, 0.3) is 5.69 Å². The van der Waals surface area contributed by atoms with Crippen LogP contribution in [-0.4, -0.2) is 21.9 Å². The highest BCUT2D eigenvalue weighted by Crippen LogP contribution is 2.23. The molecule has 0 saturated heterocycles. The third kappa shape index (κ3) is 3.59. The van der Waals surface area contributed by atoms with Gasteiger partial charge in [-0.2, -0.15) is 5.10 Å². The summed E-state index contributed by atoms with van der Waals surface area (Å²) in [5.41, 5.74) is 3.18. The molecule has 110 valence electrons. The second kappa shape index (κ2) is 6.55. The average molecular weight is 275 g/mol. The van der Waals surface area contributed by atoms with E-state index in [4.69, 9.17) is 4.74 Å². The van der Waals surface area contributed by atoms with Crippen LogP contribution in [0.2, 0.25) is 0 Å². The Morgan fingerprint density at radius 2 is 1.80 bits per heavy atom. The maximum Gasteiger partial charge on any atom is 0.213 e. The van der Waals surface area contributed by atoms with Gasteiger partial charge in [0.1, 0.15) is 0 Å². The molecule has 0 atom stereocenters. The highest BCUT2D eigenvalue weighted by molar-refractivity contribution is 5.34. The first kappa shape index (κ1) is 16.2. The van der Waals surface area contributed by atoms with Crippen LogP contribution in [-0.2, 0) is 5.41 Å². The molecule has 0 saturated carbocycles. The second-order valence-corrected chi connectivity index (χ2v) is 5.39. The van der Waals surface area contributed by atoms with Crippen molar-refractivity contribution in [2.45, 2.75) is 47.0 Å². The molecule has 0 fully saturated rings. The van der Waals surface area contributed by atoms with Gasteiger partial charge in [-0.05, 0) is 19.1 Å². The number of hydrogen-bond acceptors (Lipinski definition) is 3. The number of pyridine rings is 1. The molecule has 0 radical (unpaired) electrons. The third-order valence-corrected chi connectivity index (χ3v) is 2.83. The number of methoxy groups -OCH3 is 1. The van der Waals surface area contributed by atoms with Crippen LogP contribution in [0, 0.1) is 6.92 Å². The third-order valence-electron chi connectivity index (χ3n) is 2.83. The van der Waals surface area contributed by atoms with Gasteiger partial charge in [0.15, 0.2) is 0 Å². The molecule has 0 N–H and O–H groups in total. The molecule has 20 heavy (non-hydrogen) atoms. The van der Waals surface area contributed by atoms with E-state index in [2.05, 4.69) is 36.9 Å². The summed E-state index contributed by atoms with van der Waals surface area (Å²) < 4.78 is 6.96. The summed E-state index contributed by atoms with van der Waals surface area (Å²) in [5, 5.41) is 4.64. The maximum atomic E-state index is 5.05. The van der Waals surface area contributed by atoms with Crippen LogP contribution in [0.5, 0.6) is 5.88 Å². The first-order valence-corrected chi connectivity index (χ1v) is 6.99. The van der Waals surface area contributed by atoms with Crippen molar-refractivity contribution in [2.75, 3.05) is 7.11 Å². The molecule has 4 heteroatoms. The minimum Gasteiger partial charge on any atom is -0.481 e. The van der Waals surface area contributed by atoms with Crippen molar-refractivity contribution in [3.05, 3.63) is 35.8 Å². The number of rotatable bonds is 2. The van der Waals surface area contributed by atoms with Gasteiger partial charge in [0.05, 0.1) is 24.7 Å². The lowest BCUT2D eigenvalue weighted by atomic mass is 9.92. The Balaban J connectivity index is 0.000000956. The van der Waals surface area contributed by atoms with Crippen molar-refractivity contribution in [2.24, 2.45) is 0 Å². The van der Waals surface area contributed by atoms with Crippen LogP contribution < -0.4 is 4.74 Å². The van der Waals surface area contributed by atoms with Crippen molar-refractivity contribution in [3.63, 3.8) is 0 Å².